The summed E-state index contributed by atoms with van der Waals surface area (Å²) in [6.07, 6.45) is 6.64. The van der Waals surface area contributed by atoms with E-state index in [-0.39, 0.29) is 0 Å². The number of hydrogen-bond acceptors (Lipinski definition) is 3. The quantitative estimate of drug-likeness (QED) is 0.482. The SMILES string of the molecule is O=C(O)/C=C/CNCCCN1CCCC1. The third kappa shape index (κ3) is 6.25. The van der Waals surface area contributed by atoms with Crippen molar-refractivity contribution in [2.24, 2.45) is 0 Å². The highest BCUT2D eigenvalue weighted by Gasteiger charge is 2.09. The summed E-state index contributed by atoms with van der Waals surface area (Å²) < 4.78 is 0. The van der Waals surface area contributed by atoms with E-state index in [4.69, 9.17) is 5.11 Å². The van der Waals surface area contributed by atoms with Crippen LogP contribution in [0.25, 0.3) is 0 Å². The van der Waals surface area contributed by atoms with Gasteiger partial charge in [-0.25, -0.2) is 4.79 Å². The number of hydrogen-bond donors (Lipinski definition) is 2. The van der Waals surface area contributed by atoms with Gasteiger partial charge in [-0.2, -0.15) is 0 Å². The van der Waals surface area contributed by atoms with Crippen LogP contribution >= 0.6 is 0 Å². The molecule has 1 fully saturated rings. The monoisotopic (exact) mass is 212 g/mol. The molecule has 0 aromatic heterocycles. The van der Waals surface area contributed by atoms with E-state index in [0.29, 0.717) is 6.54 Å². The molecule has 0 bridgehead atoms. The van der Waals surface area contributed by atoms with Gasteiger partial charge in [-0.1, -0.05) is 6.08 Å². The second-order valence-corrected chi connectivity index (χ2v) is 3.85. The molecule has 0 aromatic rings. The summed E-state index contributed by atoms with van der Waals surface area (Å²) in [6, 6.07) is 0. The van der Waals surface area contributed by atoms with Crippen LogP contribution in [0.15, 0.2) is 12.2 Å². The Labute approximate surface area is 91.0 Å². The Morgan fingerprint density at radius 2 is 2.13 bits per heavy atom. The lowest BCUT2D eigenvalue weighted by atomic mass is 10.4. The number of carboxylic acids is 1. The highest BCUT2D eigenvalue weighted by molar-refractivity contribution is 5.79. The van der Waals surface area contributed by atoms with E-state index < -0.39 is 5.97 Å². The number of nitrogens with one attached hydrogen (secondary N) is 1. The minimum absolute atomic E-state index is 0.645. The smallest absolute Gasteiger partial charge is 0.328 e. The maximum Gasteiger partial charge on any atom is 0.328 e. The number of likely N-dealkylation sites (tertiary alicyclic amines) is 1. The average molecular weight is 212 g/mol. The van der Waals surface area contributed by atoms with Gasteiger partial charge in [-0.15, -0.1) is 0 Å². The van der Waals surface area contributed by atoms with Gasteiger partial charge in [0.1, 0.15) is 0 Å². The Morgan fingerprint density at radius 1 is 1.40 bits per heavy atom. The summed E-state index contributed by atoms with van der Waals surface area (Å²) >= 11 is 0. The molecule has 1 heterocycles. The molecule has 0 unspecified atom stereocenters. The number of nitrogens with zero attached hydrogens (tertiary/aromatic N) is 1. The molecule has 4 heteroatoms. The van der Waals surface area contributed by atoms with Crippen LogP contribution in [0.3, 0.4) is 0 Å². The molecule has 0 aromatic carbocycles. The van der Waals surface area contributed by atoms with Crippen molar-refractivity contribution in [1.29, 1.82) is 0 Å². The van der Waals surface area contributed by atoms with E-state index in [9.17, 15) is 4.79 Å². The molecule has 0 aliphatic carbocycles. The largest absolute Gasteiger partial charge is 0.478 e. The fourth-order valence-corrected chi connectivity index (χ4v) is 1.78. The van der Waals surface area contributed by atoms with Gasteiger partial charge in [0, 0.05) is 12.6 Å². The third-order valence-electron chi connectivity index (χ3n) is 2.55. The lowest BCUT2D eigenvalue weighted by molar-refractivity contribution is -0.131. The van der Waals surface area contributed by atoms with Crippen LogP contribution < -0.4 is 5.32 Å². The number of rotatable bonds is 7. The molecule has 0 atom stereocenters. The first-order valence-corrected chi connectivity index (χ1v) is 5.61. The van der Waals surface area contributed by atoms with Gasteiger partial charge in [0.05, 0.1) is 0 Å². The number of carbonyl (C=O) groups is 1. The first-order chi connectivity index (χ1) is 7.29. The third-order valence-corrected chi connectivity index (χ3v) is 2.55. The van der Waals surface area contributed by atoms with Gasteiger partial charge in [-0.05, 0) is 45.4 Å². The van der Waals surface area contributed by atoms with Crippen LogP contribution in [0, 0.1) is 0 Å². The molecule has 4 nitrogen and oxygen atoms in total. The van der Waals surface area contributed by atoms with Crippen molar-refractivity contribution in [2.75, 3.05) is 32.7 Å². The van der Waals surface area contributed by atoms with Crippen molar-refractivity contribution in [3.05, 3.63) is 12.2 Å². The number of carboxylic acid groups (broad SMARTS) is 1. The van der Waals surface area contributed by atoms with Crippen molar-refractivity contribution < 1.29 is 9.90 Å². The van der Waals surface area contributed by atoms with Crippen LogP contribution in [0.2, 0.25) is 0 Å². The molecule has 2 N–H and O–H groups in total. The molecule has 1 aliphatic heterocycles. The van der Waals surface area contributed by atoms with Crippen molar-refractivity contribution in [3.63, 3.8) is 0 Å². The Balaban J connectivity index is 1.86. The van der Waals surface area contributed by atoms with Crippen LogP contribution in [0.1, 0.15) is 19.3 Å². The topological polar surface area (TPSA) is 52.6 Å². The maximum absolute atomic E-state index is 10.1. The molecule has 1 saturated heterocycles. The molecule has 0 amide bonds. The standard InChI is InChI=1S/C11H20N2O2/c14-11(15)5-3-6-12-7-4-10-13-8-1-2-9-13/h3,5,12H,1-2,4,6-10H2,(H,14,15)/b5-3+. The molecule has 86 valence electrons. The van der Waals surface area contributed by atoms with Crippen LogP contribution in [-0.4, -0.2) is 48.7 Å². The van der Waals surface area contributed by atoms with Crippen molar-refractivity contribution >= 4 is 5.97 Å². The predicted octanol–water partition coefficient (Wildman–Crippen LogP) is 0.703. The zero-order chi connectivity index (χ0) is 10.9. The number of aliphatic carboxylic acids is 1. The highest BCUT2D eigenvalue weighted by Crippen LogP contribution is 2.06. The second-order valence-electron chi connectivity index (χ2n) is 3.85. The summed E-state index contributed by atoms with van der Waals surface area (Å²) in [5, 5.41) is 11.5. The molecule has 0 radical (unpaired) electrons. The van der Waals surface area contributed by atoms with Gasteiger partial charge in [0.15, 0.2) is 0 Å². The molecular formula is C11H20N2O2. The molecule has 1 rings (SSSR count). The second kappa shape index (κ2) is 7.43. The Hall–Kier alpha value is -0.870. The molecule has 0 saturated carbocycles. The van der Waals surface area contributed by atoms with E-state index in [1.54, 1.807) is 6.08 Å². The van der Waals surface area contributed by atoms with Crippen LogP contribution in [0.5, 0.6) is 0 Å². The van der Waals surface area contributed by atoms with Gasteiger partial charge < -0.3 is 15.3 Å². The fraction of sp³-hybridized carbons (Fsp3) is 0.727. The van der Waals surface area contributed by atoms with E-state index >= 15 is 0 Å². The van der Waals surface area contributed by atoms with Crippen LogP contribution in [0.4, 0.5) is 0 Å². The van der Waals surface area contributed by atoms with Crippen molar-refractivity contribution in [1.82, 2.24) is 10.2 Å². The van der Waals surface area contributed by atoms with E-state index in [1.807, 2.05) is 0 Å². The summed E-state index contributed by atoms with van der Waals surface area (Å²) in [7, 11) is 0. The summed E-state index contributed by atoms with van der Waals surface area (Å²) in [5.41, 5.74) is 0. The average Bonchev–Trinajstić information content (AvgIpc) is 2.68. The fourth-order valence-electron chi connectivity index (χ4n) is 1.78. The summed E-state index contributed by atoms with van der Waals surface area (Å²) in [5.74, 6) is -0.881. The zero-order valence-electron chi connectivity index (χ0n) is 9.11. The Morgan fingerprint density at radius 3 is 2.80 bits per heavy atom. The van der Waals surface area contributed by atoms with Gasteiger partial charge in [-0.3, -0.25) is 0 Å². The van der Waals surface area contributed by atoms with Gasteiger partial charge in [0.2, 0.25) is 0 Å². The minimum Gasteiger partial charge on any atom is -0.478 e. The Bertz CT molecular complexity index is 211. The predicted molar refractivity (Wildman–Crippen MR) is 59.9 cm³/mol. The normalized spacial score (nSPS) is 17.6. The molecule has 15 heavy (non-hydrogen) atoms. The van der Waals surface area contributed by atoms with Crippen LogP contribution in [-0.2, 0) is 4.79 Å². The molecule has 1 aliphatic rings. The maximum atomic E-state index is 10.1. The highest BCUT2D eigenvalue weighted by atomic mass is 16.4. The lowest BCUT2D eigenvalue weighted by Crippen LogP contribution is -2.24. The Kier molecular flexibility index (Phi) is 6.04. The first kappa shape index (κ1) is 12.2. The summed E-state index contributed by atoms with van der Waals surface area (Å²) in [4.78, 5) is 12.6. The summed E-state index contributed by atoms with van der Waals surface area (Å²) in [6.45, 7) is 5.26. The lowest BCUT2D eigenvalue weighted by Gasteiger charge is -2.13. The van der Waals surface area contributed by atoms with E-state index in [0.717, 1.165) is 19.5 Å². The van der Waals surface area contributed by atoms with Crippen molar-refractivity contribution in [3.8, 4) is 0 Å². The molecular weight excluding hydrogens is 192 g/mol. The van der Waals surface area contributed by atoms with E-state index in [1.165, 1.54) is 32.0 Å². The first-order valence-electron chi connectivity index (χ1n) is 5.61. The van der Waals surface area contributed by atoms with Gasteiger partial charge >= 0.3 is 5.97 Å². The minimum atomic E-state index is -0.881. The molecule has 0 spiro atoms. The van der Waals surface area contributed by atoms with E-state index in [2.05, 4.69) is 10.2 Å². The van der Waals surface area contributed by atoms with Crippen molar-refractivity contribution in [2.45, 2.75) is 19.3 Å². The van der Waals surface area contributed by atoms with Gasteiger partial charge in [0.25, 0.3) is 0 Å². The zero-order valence-corrected chi connectivity index (χ0v) is 9.11.